The van der Waals surface area contributed by atoms with E-state index in [1.54, 1.807) is 24.2 Å². The topological polar surface area (TPSA) is 74.8 Å². The summed E-state index contributed by atoms with van der Waals surface area (Å²) in [5.41, 5.74) is 1.03. The minimum absolute atomic E-state index is 0.168. The van der Waals surface area contributed by atoms with Crippen LogP contribution >= 0.6 is 0 Å². The number of hydrogen-bond donors (Lipinski definition) is 1. The zero-order chi connectivity index (χ0) is 13.0. The molecule has 0 aromatic carbocycles. The first-order valence-corrected chi connectivity index (χ1v) is 5.78. The molecule has 1 N–H and O–H groups in total. The van der Waals surface area contributed by atoms with E-state index in [0.717, 1.165) is 5.56 Å². The van der Waals surface area contributed by atoms with Crippen molar-refractivity contribution in [3.63, 3.8) is 0 Å². The molecule has 18 heavy (non-hydrogen) atoms. The van der Waals surface area contributed by atoms with Crippen LogP contribution in [0.15, 0.2) is 24.5 Å². The van der Waals surface area contributed by atoms with Crippen molar-refractivity contribution in [1.29, 1.82) is 0 Å². The summed E-state index contributed by atoms with van der Waals surface area (Å²) in [5.74, 6) is 0.681. The van der Waals surface area contributed by atoms with Gasteiger partial charge in [-0.2, -0.15) is 0 Å². The summed E-state index contributed by atoms with van der Waals surface area (Å²) in [6.45, 7) is 4.84. The average molecular weight is 245 g/mol. The average Bonchev–Trinajstić information content (AvgIpc) is 2.83. The second kappa shape index (κ2) is 5.39. The van der Waals surface area contributed by atoms with Crippen LogP contribution in [0.1, 0.15) is 28.9 Å². The first-order chi connectivity index (χ1) is 8.70. The molecule has 94 valence electrons. The Bertz CT molecular complexity index is 522. The summed E-state index contributed by atoms with van der Waals surface area (Å²) >= 11 is 0. The molecule has 0 unspecified atom stereocenters. The minimum Gasteiger partial charge on any atom is -0.332 e. The lowest BCUT2D eigenvalue weighted by Crippen LogP contribution is -2.31. The van der Waals surface area contributed by atoms with E-state index in [0.29, 0.717) is 18.9 Å². The highest BCUT2D eigenvalue weighted by molar-refractivity contribution is 5.90. The van der Waals surface area contributed by atoms with Gasteiger partial charge in [-0.1, -0.05) is 0 Å². The van der Waals surface area contributed by atoms with Crippen molar-refractivity contribution in [2.75, 3.05) is 6.54 Å². The maximum atomic E-state index is 12.2. The molecule has 0 aliphatic carbocycles. The van der Waals surface area contributed by atoms with E-state index in [2.05, 4.69) is 20.2 Å². The van der Waals surface area contributed by atoms with Crippen LogP contribution in [0.2, 0.25) is 0 Å². The van der Waals surface area contributed by atoms with Gasteiger partial charge >= 0.3 is 0 Å². The van der Waals surface area contributed by atoms with Crippen LogP contribution in [0.5, 0.6) is 0 Å². The molecule has 0 saturated heterocycles. The monoisotopic (exact) mass is 245 g/mol. The summed E-state index contributed by atoms with van der Waals surface area (Å²) in [5, 5.41) is 6.56. The fraction of sp³-hybridized carbons (Fsp3) is 0.333. The molecule has 2 aromatic heterocycles. The molecule has 1 amide bonds. The predicted octanol–water partition coefficient (Wildman–Crippen LogP) is 1.17. The zero-order valence-corrected chi connectivity index (χ0v) is 10.4. The standard InChI is InChI=1S/C12H15N5O/c1-3-17(8-10-4-6-13-7-5-10)12(18)11-14-9(2)15-16-11/h4-7H,3,8H2,1-2H3,(H,14,15,16). The van der Waals surface area contributed by atoms with E-state index in [-0.39, 0.29) is 11.7 Å². The fourth-order valence-corrected chi connectivity index (χ4v) is 1.62. The molecule has 0 atom stereocenters. The van der Waals surface area contributed by atoms with E-state index in [1.807, 2.05) is 19.1 Å². The van der Waals surface area contributed by atoms with Crippen molar-refractivity contribution in [1.82, 2.24) is 25.1 Å². The molecular formula is C12H15N5O. The Morgan fingerprint density at radius 1 is 1.39 bits per heavy atom. The second-order valence-corrected chi connectivity index (χ2v) is 3.92. The largest absolute Gasteiger partial charge is 0.332 e. The highest BCUT2D eigenvalue weighted by atomic mass is 16.2. The minimum atomic E-state index is -0.168. The third-order valence-electron chi connectivity index (χ3n) is 2.58. The van der Waals surface area contributed by atoms with Gasteiger partial charge in [0.1, 0.15) is 5.82 Å². The SMILES string of the molecule is CCN(Cc1ccncc1)C(=O)c1n[nH]c(C)n1. The van der Waals surface area contributed by atoms with Gasteiger partial charge in [0.25, 0.3) is 5.91 Å². The first kappa shape index (κ1) is 12.2. The normalized spacial score (nSPS) is 10.3. The van der Waals surface area contributed by atoms with Gasteiger partial charge in [-0.25, -0.2) is 4.98 Å². The highest BCUT2D eigenvalue weighted by Gasteiger charge is 2.18. The number of aromatic amines is 1. The summed E-state index contributed by atoms with van der Waals surface area (Å²) < 4.78 is 0. The quantitative estimate of drug-likeness (QED) is 0.877. The molecule has 0 fully saturated rings. The maximum Gasteiger partial charge on any atom is 0.293 e. The number of carbonyl (C=O) groups is 1. The second-order valence-electron chi connectivity index (χ2n) is 3.92. The van der Waals surface area contributed by atoms with Crippen LogP contribution < -0.4 is 0 Å². The third-order valence-corrected chi connectivity index (χ3v) is 2.58. The molecule has 0 aliphatic rings. The van der Waals surface area contributed by atoms with E-state index in [1.165, 1.54) is 0 Å². The maximum absolute atomic E-state index is 12.2. The summed E-state index contributed by atoms with van der Waals surface area (Å²) in [6.07, 6.45) is 3.43. The predicted molar refractivity (Wildman–Crippen MR) is 65.8 cm³/mol. The van der Waals surface area contributed by atoms with Gasteiger partial charge in [-0.3, -0.25) is 14.9 Å². The Morgan fingerprint density at radius 3 is 2.67 bits per heavy atom. The van der Waals surface area contributed by atoms with Crippen LogP contribution in [-0.2, 0) is 6.54 Å². The Balaban J connectivity index is 2.12. The number of carbonyl (C=O) groups excluding carboxylic acids is 1. The van der Waals surface area contributed by atoms with E-state index in [4.69, 9.17) is 0 Å². The number of hydrogen-bond acceptors (Lipinski definition) is 4. The van der Waals surface area contributed by atoms with E-state index in [9.17, 15) is 4.79 Å². The Morgan fingerprint density at radius 2 is 2.11 bits per heavy atom. The number of amides is 1. The molecule has 0 spiro atoms. The third kappa shape index (κ3) is 2.71. The Kier molecular flexibility index (Phi) is 3.66. The number of pyridine rings is 1. The number of nitrogens with zero attached hydrogens (tertiary/aromatic N) is 4. The lowest BCUT2D eigenvalue weighted by Gasteiger charge is -2.19. The Hall–Kier alpha value is -2.24. The zero-order valence-electron chi connectivity index (χ0n) is 10.4. The summed E-state index contributed by atoms with van der Waals surface area (Å²) in [4.78, 5) is 21.9. The van der Waals surface area contributed by atoms with Gasteiger partial charge < -0.3 is 4.90 Å². The number of H-pyrrole nitrogens is 1. The lowest BCUT2D eigenvalue weighted by atomic mass is 10.2. The van der Waals surface area contributed by atoms with Crippen LogP contribution in [0, 0.1) is 6.92 Å². The van der Waals surface area contributed by atoms with Crippen LogP contribution in [0.3, 0.4) is 0 Å². The Labute approximate surface area is 105 Å². The molecular weight excluding hydrogens is 230 g/mol. The molecule has 2 rings (SSSR count). The van der Waals surface area contributed by atoms with Crippen molar-refractivity contribution in [3.8, 4) is 0 Å². The molecule has 0 saturated carbocycles. The molecule has 0 aliphatic heterocycles. The van der Waals surface area contributed by atoms with Gasteiger partial charge in [0, 0.05) is 25.5 Å². The molecule has 0 radical (unpaired) electrons. The van der Waals surface area contributed by atoms with Crippen LogP contribution in [0.4, 0.5) is 0 Å². The van der Waals surface area contributed by atoms with Gasteiger partial charge in [-0.15, -0.1) is 5.10 Å². The molecule has 6 heteroatoms. The van der Waals surface area contributed by atoms with Crippen molar-refractivity contribution in [2.24, 2.45) is 0 Å². The fourth-order valence-electron chi connectivity index (χ4n) is 1.62. The van der Waals surface area contributed by atoms with Crippen molar-refractivity contribution in [3.05, 3.63) is 41.7 Å². The van der Waals surface area contributed by atoms with E-state index < -0.39 is 0 Å². The first-order valence-electron chi connectivity index (χ1n) is 5.78. The van der Waals surface area contributed by atoms with E-state index >= 15 is 0 Å². The van der Waals surface area contributed by atoms with Gasteiger partial charge in [0.15, 0.2) is 0 Å². The number of nitrogens with one attached hydrogen (secondary N) is 1. The molecule has 2 aromatic rings. The van der Waals surface area contributed by atoms with Crippen molar-refractivity contribution >= 4 is 5.91 Å². The smallest absolute Gasteiger partial charge is 0.293 e. The van der Waals surface area contributed by atoms with Gasteiger partial charge in [-0.05, 0) is 31.5 Å². The highest BCUT2D eigenvalue weighted by Crippen LogP contribution is 2.06. The molecule has 0 bridgehead atoms. The number of aryl methyl sites for hydroxylation is 1. The summed E-state index contributed by atoms with van der Waals surface area (Å²) in [6, 6.07) is 3.78. The summed E-state index contributed by atoms with van der Waals surface area (Å²) in [7, 11) is 0. The number of rotatable bonds is 4. The van der Waals surface area contributed by atoms with Gasteiger partial charge in [0.05, 0.1) is 0 Å². The van der Waals surface area contributed by atoms with Gasteiger partial charge in [0.2, 0.25) is 5.82 Å². The molecule has 2 heterocycles. The lowest BCUT2D eigenvalue weighted by molar-refractivity contribution is 0.0740. The van der Waals surface area contributed by atoms with Crippen LogP contribution in [0.25, 0.3) is 0 Å². The molecule has 6 nitrogen and oxygen atoms in total. The van der Waals surface area contributed by atoms with Crippen molar-refractivity contribution < 1.29 is 4.79 Å². The van der Waals surface area contributed by atoms with Crippen molar-refractivity contribution in [2.45, 2.75) is 20.4 Å². The van der Waals surface area contributed by atoms with Crippen LogP contribution in [-0.4, -0.2) is 37.5 Å². The number of aromatic nitrogens is 4.